The van der Waals surface area contributed by atoms with Crippen LogP contribution >= 0.6 is 11.8 Å². The van der Waals surface area contributed by atoms with Crippen LogP contribution in [-0.4, -0.2) is 34.9 Å². The monoisotopic (exact) mass is 305 g/mol. The Labute approximate surface area is 127 Å². The fourth-order valence-electron chi connectivity index (χ4n) is 2.77. The van der Waals surface area contributed by atoms with E-state index in [9.17, 15) is 4.79 Å². The van der Waals surface area contributed by atoms with E-state index in [4.69, 9.17) is 10.3 Å². The van der Waals surface area contributed by atoms with E-state index in [2.05, 4.69) is 17.2 Å². The zero-order valence-corrected chi connectivity index (χ0v) is 12.8. The summed E-state index contributed by atoms with van der Waals surface area (Å²) in [4.78, 5) is 14.4. The Morgan fingerprint density at radius 1 is 1.52 bits per heavy atom. The first kappa shape index (κ1) is 14.4. The fourth-order valence-corrected chi connectivity index (χ4v) is 3.85. The van der Waals surface area contributed by atoms with E-state index in [1.165, 1.54) is 0 Å². The van der Waals surface area contributed by atoms with Crippen LogP contribution in [0.3, 0.4) is 0 Å². The largest absolute Gasteiger partial charge is 0.459 e. The second kappa shape index (κ2) is 6.09. The van der Waals surface area contributed by atoms with Gasteiger partial charge >= 0.3 is 0 Å². The third-order valence-electron chi connectivity index (χ3n) is 3.72. The van der Waals surface area contributed by atoms with Crippen molar-refractivity contribution in [3.63, 3.8) is 0 Å². The Morgan fingerprint density at radius 3 is 3.10 bits per heavy atom. The van der Waals surface area contributed by atoms with Gasteiger partial charge in [0.1, 0.15) is 11.3 Å². The summed E-state index contributed by atoms with van der Waals surface area (Å²) in [5.41, 5.74) is 3.51. The SMILES string of the molecule is CC1CN(Cc2oc3ccccc3c2C(=O)NN)CCS1. The van der Waals surface area contributed by atoms with Crippen molar-refractivity contribution in [3.8, 4) is 0 Å². The van der Waals surface area contributed by atoms with Gasteiger partial charge in [0.25, 0.3) is 5.91 Å². The van der Waals surface area contributed by atoms with Crippen LogP contribution in [-0.2, 0) is 6.54 Å². The number of carbonyl (C=O) groups excluding carboxylic acids is 1. The normalized spacial score (nSPS) is 19.8. The lowest BCUT2D eigenvalue weighted by Gasteiger charge is -2.29. The maximum absolute atomic E-state index is 12.1. The molecule has 0 aliphatic carbocycles. The van der Waals surface area contributed by atoms with Gasteiger partial charge in [0, 0.05) is 29.5 Å². The molecule has 5 nitrogen and oxygen atoms in total. The summed E-state index contributed by atoms with van der Waals surface area (Å²) in [7, 11) is 0. The molecule has 0 radical (unpaired) electrons. The van der Waals surface area contributed by atoms with E-state index in [-0.39, 0.29) is 5.91 Å². The molecule has 0 spiro atoms. The molecule has 1 unspecified atom stereocenters. The first-order valence-electron chi connectivity index (χ1n) is 7.04. The van der Waals surface area contributed by atoms with Gasteiger partial charge in [-0.2, -0.15) is 11.8 Å². The lowest BCUT2D eigenvalue weighted by molar-refractivity contribution is 0.0951. The summed E-state index contributed by atoms with van der Waals surface area (Å²) < 4.78 is 5.90. The Morgan fingerprint density at radius 2 is 2.33 bits per heavy atom. The van der Waals surface area contributed by atoms with Gasteiger partial charge < -0.3 is 4.42 Å². The van der Waals surface area contributed by atoms with Crippen molar-refractivity contribution in [1.82, 2.24) is 10.3 Å². The molecular weight excluding hydrogens is 286 g/mol. The number of hydrazine groups is 1. The Balaban J connectivity index is 1.95. The molecule has 6 heteroatoms. The summed E-state index contributed by atoms with van der Waals surface area (Å²) in [6.45, 7) is 4.88. The predicted octanol–water partition coefficient (Wildman–Crippen LogP) is 1.97. The Hall–Kier alpha value is -1.50. The molecule has 0 saturated carbocycles. The average molecular weight is 305 g/mol. The molecule has 1 aliphatic heterocycles. The highest BCUT2D eigenvalue weighted by atomic mass is 32.2. The lowest BCUT2D eigenvalue weighted by atomic mass is 10.1. The molecule has 1 aromatic carbocycles. The molecule has 0 bridgehead atoms. The quantitative estimate of drug-likeness (QED) is 0.515. The first-order chi connectivity index (χ1) is 10.2. The fraction of sp³-hybridized carbons (Fsp3) is 0.400. The predicted molar refractivity (Wildman–Crippen MR) is 85.1 cm³/mol. The molecule has 112 valence electrons. The van der Waals surface area contributed by atoms with E-state index < -0.39 is 0 Å². The van der Waals surface area contributed by atoms with Crippen LogP contribution in [0.1, 0.15) is 23.0 Å². The van der Waals surface area contributed by atoms with Gasteiger partial charge in [-0.25, -0.2) is 5.84 Å². The van der Waals surface area contributed by atoms with Gasteiger partial charge in [-0.3, -0.25) is 15.1 Å². The Bertz CT molecular complexity index is 655. The molecule has 1 fully saturated rings. The smallest absolute Gasteiger partial charge is 0.269 e. The minimum atomic E-state index is -0.297. The van der Waals surface area contributed by atoms with Crippen molar-refractivity contribution in [2.75, 3.05) is 18.8 Å². The van der Waals surface area contributed by atoms with Gasteiger partial charge in [-0.1, -0.05) is 25.1 Å². The van der Waals surface area contributed by atoms with E-state index in [1.54, 1.807) is 0 Å². The number of para-hydroxylation sites is 1. The molecule has 1 atom stereocenters. The minimum Gasteiger partial charge on any atom is -0.459 e. The topological polar surface area (TPSA) is 71.5 Å². The van der Waals surface area contributed by atoms with E-state index >= 15 is 0 Å². The van der Waals surface area contributed by atoms with Crippen molar-refractivity contribution >= 4 is 28.6 Å². The van der Waals surface area contributed by atoms with Crippen molar-refractivity contribution in [2.24, 2.45) is 5.84 Å². The number of benzene rings is 1. The summed E-state index contributed by atoms with van der Waals surface area (Å²) in [5.74, 6) is 6.83. The minimum absolute atomic E-state index is 0.297. The number of hydrogen-bond donors (Lipinski definition) is 2. The van der Waals surface area contributed by atoms with Gasteiger partial charge in [0.15, 0.2) is 0 Å². The van der Waals surface area contributed by atoms with E-state index in [0.29, 0.717) is 23.1 Å². The number of nitrogens with two attached hydrogens (primary N) is 1. The zero-order chi connectivity index (χ0) is 14.8. The number of fused-ring (bicyclic) bond motifs is 1. The second-order valence-electron chi connectivity index (χ2n) is 5.29. The van der Waals surface area contributed by atoms with E-state index in [1.807, 2.05) is 36.0 Å². The molecule has 2 heterocycles. The van der Waals surface area contributed by atoms with Gasteiger partial charge in [0.05, 0.1) is 12.1 Å². The van der Waals surface area contributed by atoms with Crippen molar-refractivity contribution in [2.45, 2.75) is 18.7 Å². The van der Waals surface area contributed by atoms with Crippen LogP contribution in [0.2, 0.25) is 0 Å². The highest BCUT2D eigenvalue weighted by Gasteiger charge is 2.24. The maximum Gasteiger partial charge on any atom is 0.269 e. The maximum atomic E-state index is 12.1. The van der Waals surface area contributed by atoms with Gasteiger partial charge in [0.2, 0.25) is 0 Å². The summed E-state index contributed by atoms with van der Waals surface area (Å²) >= 11 is 1.98. The molecule has 1 amide bonds. The highest BCUT2D eigenvalue weighted by molar-refractivity contribution is 7.99. The summed E-state index contributed by atoms with van der Waals surface area (Å²) in [5, 5.41) is 1.42. The number of hydrogen-bond acceptors (Lipinski definition) is 5. The molecule has 1 aliphatic rings. The first-order valence-corrected chi connectivity index (χ1v) is 8.09. The number of amides is 1. The van der Waals surface area contributed by atoms with Crippen LogP contribution in [0.25, 0.3) is 11.0 Å². The number of nitrogens with zero attached hydrogens (tertiary/aromatic N) is 1. The highest BCUT2D eigenvalue weighted by Crippen LogP contribution is 2.28. The Kier molecular flexibility index (Phi) is 4.19. The third-order valence-corrected chi connectivity index (χ3v) is 4.86. The molecule has 3 rings (SSSR count). The number of furan rings is 1. The van der Waals surface area contributed by atoms with Crippen molar-refractivity contribution in [3.05, 3.63) is 35.6 Å². The number of thioether (sulfide) groups is 1. The average Bonchev–Trinajstić information content (AvgIpc) is 2.84. The van der Waals surface area contributed by atoms with E-state index in [0.717, 1.165) is 29.8 Å². The van der Waals surface area contributed by atoms with Crippen molar-refractivity contribution < 1.29 is 9.21 Å². The molecular formula is C15H19N3O2S. The molecule has 1 aromatic heterocycles. The van der Waals surface area contributed by atoms with Crippen LogP contribution < -0.4 is 11.3 Å². The van der Waals surface area contributed by atoms with Crippen LogP contribution in [0, 0.1) is 0 Å². The number of carbonyl (C=O) groups is 1. The number of nitrogen functional groups attached to an aromatic ring is 1. The van der Waals surface area contributed by atoms with Crippen molar-refractivity contribution in [1.29, 1.82) is 0 Å². The molecule has 3 N–H and O–H groups in total. The summed E-state index contributed by atoms with van der Waals surface area (Å²) in [6.07, 6.45) is 0. The molecule has 1 saturated heterocycles. The van der Waals surface area contributed by atoms with Crippen LogP contribution in [0.5, 0.6) is 0 Å². The summed E-state index contributed by atoms with van der Waals surface area (Å²) in [6, 6.07) is 7.57. The van der Waals surface area contributed by atoms with Crippen LogP contribution in [0.15, 0.2) is 28.7 Å². The lowest BCUT2D eigenvalue weighted by Crippen LogP contribution is -2.37. The van der Waals surface area contributed by atoms with Crippen LogP contribution in [0.4, 0.5) is 0 Å². The second-order valence-corrected chi connectivity index (χ2v) is 6.83. The third kappa shape index (κ3) is 2.92. The van der Waals surface area contributed by atoms with Gasteiger partial charge in [-0.05, 0) is 6.07 Å². The number of nitrogens with one attached hydrogen (secondary N) is 1. The molecule has 2 aromatic rings. The molecule has 21 heavy (non-hydrogen) atoms. The number of rotatable bonds is 3. The van der Waals surface area contributed by atoms with Gasteiger partial charge in [-0.15, -0.1) is 0 Å². The standard InChI is InChI=1S/C15H19N3O2S/c1-10-8-18(6-7-21-10)9-13-14(15(19)17-16)11-4-2-3-5-12(11)20-13/h2-5,10H,6-9,16H2,1H3,(H,17,19). The zero-order valence-electron chi connectivity index (χ0n) is 12.0.